The molecule has 0 saturated carbocycles. The van der Waals surface area contributed by atoms with Crippen LogP contribution >= 0.6 is 12.6 Å². The first kappa shape index (κ1) is 25.7. The Kier molecular flexibility index (Phi) is 6.61. The van der Waals surface area contributed by atoms with Crippen molar-refractivity contribution in [3.8, 4) is 17.2 Å². The van der Waals surface area contributed by atoms with Gasteiger partial charge in [-0.15, -0.1) is 12.6 Å². The average Bonchev–Trinajstić information content (AvgIpc) is 2.85. The summed E-state index contributed by atoms with van der Waals surface area (Å²) in [7, 11) is 0. The number of phenolic OH excluding ortho intramolecular Hbond substituents is 3. The average molecular weight is 499 g/mol. The van der Waals surface area contributed by atoms with Crippen LogP contribution in [0.25, 0.3) is 0 Å². The molecule has 4 heteroatoms. The maximum absolute atomic E-state index is 10.4. The van der Waals surface area contributed by atoms with Gasteiger partial charge in [0.1, 0.15) is 17.2 Å². The Morgan fingerprint density at radius 1 is 0.528 bits per heavy atom. The first-order valence-corrected chi connectivity index (χ1v) is 12.5. The lowest BCUT2D eigenvalue weighted by atomic mass is 9.69. The summed E-state index contributed by atoms with van der Waals surface area (Å²) in [6.45, 7) is 12.2. The van der Waals surface area contributed by atoms with E-state index in [9.17, 15) is 15.3 Å². The first-order valence-electron chi connectivity index (χ1n) is 12.1. The predicted octanol–water partition coefficient (Wildman–Crippen LogP) is 7.70. The van der Waals surface area contributed by atoms with Crippen molar-refractivity contribution in [3.63, 3.8) is 0 Å². The van der Waals surface area contributed by atoms with Gasteiger partial charge >= 0.3 is 0 Å². The lowest BCUT2D eigenvalue weighted by Gasteiger charge is -2.34. The molecule has 0 heterocycles. The van der Waals surface area contributed by atoms with Crippen molar-refractivity contribution in [2.24, 2.45) is 0 Å². The molecule has 0 aromatic heterocycles. The Morgan fingerprint density at radius 3 is 1.50 bits per heavy atom. The van der Waals surface area contributed by atoms with Crippen molar-refractivity contribution in [2.45, 2.75) is 57.3 Å². The molecule has 4 aromatic carbocycles. The van der Waals surface area contributed by atoms with Gasteiger partial charge in [-0.25, -0.2) is 0 Å². The molecule has 0 bridgehead atoms. The molecule has 3 N–H and O–H groups in total. The summed E-state index contributed by atoms with van der Waals surface area (Å²) in [6, 6.07) is 24.1. The van der Waals surface area contributed by atoms with Gasteiger partial charge in [0, 0.05) is 15.7 Å². The van der Waals surface area contributed by atoms with Crippen LogP contribution in [-0.4, -0.2) is 15.3 Å². The second kappa shape index (κ2) is 9.25. The van der Waals surface area contributed by atoms with E-state index in [1.165, 1.54) is 0 Å². The Balaban J connectivity index is 1.87. The Morgan fingerprint density at radius 2 is 0.972 bits per heavy atom. The Bertz CT molecular complexity index is 1410. The third kappa shape index (κ3) is 4.35. The number of hydrogen-bond donors (Lipinski definition) is 4. The highest BCUT2D eigenvalue weighted by molar-refractivity contribution is 7.80. The number of rotatable bonds is 5. The van der Waals surface area contributed by atoms with Gasteiger partial charge in [-0.2, -0.15) is 0 Å². The van der Waals surface area contributed by atoms with Gasteiger partial charge in [0.25, 0.3) is 0 Å². The SMILES string of the molecule is Cc1cc(C(C)(C)c2ccc(C(C)(c3ccc(O)c(C)c3)c3cc(C)c(O)c(S)c3)cc2)ccc1O. The zero-order chi connectivity index (χ0) is 26.4. The van der Waals surface area contributed by atoms with E-state index in [2.05, 4.69) is 57.7 Å². The lowest BCUT2D eigenvalue weighted by molar-refractivity contribution is 0.457. The summed E-state index contributed by atoms with van der Waals surface area (Å²) in [4.78, 5) is 0.534. The molecule has 0 aliphatic carbocycles. The summed E-state index contributed by atoms with van der Waals surface area (Å²) in [5.74, 6) is 0.754. The number of thiol groups is 1. The number of aryl methyl sites for hydroxylation is 3. The van der Waals surface area contributed by atoms with Crippen molar-refractivity contribution < 1.29 is 15.3 Å². The standard InChI is InChI=1S/C32H34O3S/c1-19-15-24(11-13-27(19)33)31(4,5)22-7-9-23(10-8-22)32(6,25-12-14-28(34)20(2)16-25)26-17-21(3)30(35)29(36)18-26/h7-18,33-36H,1-6H3. The second-order valence-electron chi connectivity index (χ2n) is 10.5. The van der Waals surface area contributed by atoms with E-state index in [0.717, 1.165) is 44.5 Å². The molecule has 36 heavy (non-hydrogen) atoms. The fraction of sp³-hybridized carbons (Fsp3) is 0.250. The maximum atomic E-state index is 10.4. The summed E-state index contributed by atoms with van der Waals surface area (Å²) in [5.41, 5.74) is 7.06. The van der Waals surface area contributed by atoms with E-state index in [1.54, 1.807) is 12.1 Å². The monoisotopic (exact) mass is 498 g/mol. The number of benzene rings is 4. The molecule has 4 aromatic rings. The fourth-order valence-corrected chi connectivity index (χ4v) is 5.26. The fourth-order valence-electron chi connectivity index (χ4n) is 4.95. The van der Waals surface area contributed by atoms with E-state index in [1.807, 2.05) is 57.2 Å². The van der Waals surface area contributed by atoms with Gasteiger partial charge in [-0.3, -0.25) is 0 Å². The Labute approximate surface area is 219 Å². The molecule has 0 aliphatic heterocycles. The van der Waals surface area contributed by atoms with Crippen LogP contribution in [0.2, 0.25) is 0 Å². The van der Waals surface area contributed by atoms with E-state index < -0.39 is 5.41 Å². The van der Waals surface area contributed by atoms with Gasteiger partial charge < -0.3 is 15.3 Å². The quantitative estimate of drug-likeness (QED) is 0.168. The van der Waals surface area contributed by atoms with Crippen LogP contribution in [0.3, 0.4) is 0 Å². The van der Waals surface area contributed by atoms with Gasteiger partial charge in [0.2, 0.25) is 0 Å². The Hall–Kier alpha value is -3.37. The van der Waals surface area contributed by atoms with Crippen LogP contribution in [0.5, 0.6) is 17.2 Å². The van der Waals surface area contributed by atoms with Gasteiger partial charge in [0.05, 0.1) is 0 Å². The van der Waals surface area contributed by atoms with Gasteiger partial charge in [-0.05, 0) is 90.4 Å². The van der Waals surface area contributed by atoms with E-state index in [0.29, 0.717) is 10.6 Å². The minimum absolute atomic E-state index is 0.188. The van der Waals surface area contributed by atoms with E-state index in [4.69, 9.17) is 0 Å². The van der Waals surface area contributed by atoms with Crippen molar-refractivity contribution in [2.75, 3.05) is 0 Å². The molecule has 0 spiro atoms. The van der Waals surface area contributed by atoms with Crippen molar-refractivity contribution in [1.82, 2.24) is 0 Å². The summed E-state index contributed by atoms with van der Waals surface area (Å²) >= 11 is 4.53. The van der Waals surface area contributed by atoms with Crippen LogP contribution in [0.15, 0.2) is 77.7 Å². The minimum Gasteiger partial charge on any atom is -0.508 e. The summed E-state index contributed by atoms with van der Waals surface area (Å²) in [5, 5.41) is 30.5. The number of aromatic hydroxyl groups is 3. The van der Waals surface area contributed by atoms with E-state index in [-0.39, 0.29) is 16.9 Å². The highest BCUT2D eigenvalue weighted by Crippen LogP contribution is 2.44. The molecule has 0 aliphatic rings. The third-order valence-corrected chi connectivity index (χ3v) is 8.08. The van der Waals surface area contributed by atoms with Crippen LogP contribution in [-0.2, 0) is 10.8 Å². The van der Waals surface area contributed by atoms with Crippen LogP contribution in [0.1, 0.15) is 65.3 Å². The highest BCUT2D eigenvalue weighted by Gasteiger charge is 2.33. The zero-order valence-electron chi connectivity index (χ0n) is 21.7. The molecule has 186 valence electrons. The van der Waals surface area contributed by atoms with Crippen LogP contribution in [0.4, 0.5) is 0 Å². The van der Waals surface area contributed by atoms with Crippen molar-refractivity contribution in [3.05, 3.63) is 117 Å². The highest BCUT2D eigenvalue weighted by atomic mass is 32.1. The molecule has 0 amide bonds. The van der Waals surface area contributed by atoms with Gasteiger partial charge in [0.15, 0.2) is 0 Å². The van der Waals surface area contributed by atoms with E-state index >= 15 is 0 Å². The number of hydrogen-bond acceptors (Lipinski definition) is 4. The molecule has 0 radical (unpaired) electrons. The van der Waals surface area contributed by atoms with Crippen LogP contribution < -0.4 is 0 Å². The maximum Gasteiger partial charge on any atom is 0.131 e. The largest absolute Gasteiger partial charge is 0.508 e. The topological polar surface area (TPSA) is 60.7 Å². The molecule has 0 saturated heterocycles. The molecule has 0 fully saturated rings. The predicted molar refractivity (Wildman–Crippen MR) is 150 cm³/mol. The first-order chi connectivity index (χ1) is 16.9. The summed E-state index contributed by atoms with van der Waals surface area (Å²) < 4.78 is 0. The number of phenols is 3. The van der Waals surface area contributed by atoms with Crippen molar-refractivity contribution in [1.29, 1.82) is 0 Å². The van der Waals surface area contributed by atoms with Crippen LogP contribution in [0, 0.1) is 20.8 Å². The molecular formula is C32H34O3S. The molecule has 1 atom stereocenters. The van der Waals surface area contributed by atoms with Crippen molar-refractivity contribution >= 4 is 12.6 Å². The minimum atomic E-state index is -0.549. The zero-order valence-corrected chi connectivity index (χ0v) is 22.6. The molecule has 3 nitrogen and oxygen atoms in total. The smallest absolute Gasteiger partial charge is 0.131 e. The molecule has 4 rings (SSSR count). The second-order valence-corrected chi connectivity index (χ2v) is 11.0. The molecule has 1 unspecified atom stereocenters. The normalized spacial score (nSPS) is 13.4. The van der Waals surface area contributed by atoms with Gasteiger partial charge in [-0.1, -0.05) is 68.4 Å². The summed E-state index contributed by atoms with van der Waals surface area (Å²) in [6.07, 6.45) is 0. The molecular weight excluding hydrogens is 464 g/mol. The lowest BCUT2D eigenvalue weighted by Crippen LogP contribution is -2.26. The third-order valence-electron chi connectivity index (χ3n) is 7.73.